The molecular formula is C13H17Cl2N. The number of rotatable bonds is 4. The maximum Gasteiger partial charge on any atom is 0.0441 e. The van der Waals surface area contributed by atoms with Crippen LogP contribution in [0.5, 0.6) is 0 Å². The lowest BCUT2D eigenvalue weighted by Gasteiger charge is -2.08. The molecule has 0 heterocycles. The minimum absolute atomic E-state index is 0.552. The Morgan fingerprint density at radius 3 is 2.81 bits per heavy atom. The molecule has 88 valence electrons. The number of nitrogens with one attached hydrogen (secondary N) is 1. The highest BCUT2D eigenvalue weighted by molar-refractivity contribution is 6.33. The molecule has 0 aromatic heterocycles. The van der Waals surface area contributed by atoms with Crippen LogP contribution in [0.4, 0.5) is 0 Å². The number of halogens is 2. The second kappa shape index (κ2) is 4.95. The van der Waals surface area contributed by atoms with Crippen LogP contribution in [0.3, 0.4) is 0 Å². The SMILES string of the molecule is CC(C)NCC1CC1c1cc(Cl)ccc1Cl. The molecule has 16 heavy (non-hydrogen) atoms. The monoisotopic (exact) mass is 257 g/mol. The van der Waals surface area contributed by atoms with Gasteiger partial charge in [-0.1, -0.05) is 37.0 Å². The van der Waals surface area contributed by atoms with Gasteiger partial charge in [-0.25, -0.2) is 0 Å². The first kappa shape index (κ1) is 12.2. The number of hydrogen-bond donors (Lipinski definition) is 1. The largest absolute Gasteiger partial charge is 0.314 e. The third-order valence-corrected chi connectivity index (χ3v) is 3.65. The Morgan fingerprint density at radius 2 is 2.12 bits per heavy atom. The Kier molecular flexibility index (Phi) is 3.78. The Hall–Kier alpha value is -0.240. The summed E-state index contributed by atoms with van der Waals surface area (Å²) >= 11 is 12.2. The predicted octanol–water partition coefficient (Wildman–Crippen LogP) is 4.09. The highest BCUT2D eigenvalue weighted by atomic mass is 35.5. The molecule has 0 spiro atoms. The third-order valence-electron chi connectivity index (χ3n) is 3.07. The van der Waals surface area contributed by atoms with Crippen molar-refractivity contribution < 1.29 is 0 Å². The summed E-state index contributed by atoms with van der Waals surface area (Å²) in [6, 6.07) is 6.29. The van der Waals surface area contributed by atoms with Gasteiger partial charge in [0.2, 0.25) is 0 Å². The lowest BCUT2D eigenvalue weighted by molar-refractivity contribution is 0.554. The molecule has 2 unspecified atom stereocenters. The molecule has 2 rings (SSSR count). The lowest BCUT2D eigenvalue weighted by atomic mass is 10.1. The smallest absolute Gasteiger partial charge is 0.0441 e. The van der Waals surface area contributed by atoms with Gasteiger partial charge in [-0.3, -0.25) is 0 Å². The average Bonchev–Trinajstić information content (AvgIpc) is 2.98. The third kappa shape index (κ3) is 2.91. The van der Waals surface area contributed by atoms with Crippen LogP contribution in [0.1, 0.15) is 31.7 Å². The van der Waals surface area contributed by atoms with Gasteiger partial charge in [-0.2, -0.15) is 0 Å². The van der Waals surface area contributed by atoms with E-state index in [1.165, 1.54) is 12.0 Å². The lowest BCUT2D eigenvalue weighted by Crippen LogP contribution is -2.25. The van der Waals surface area contributed by atoms with Crippen molar-refractivity contribution in [1.82, 2.24) is 5.32 Å². The van der Waals surface area contributed by atoms with E-state index in [0.29, 0.717) is 12.0 Å². The molecule has 0 saturated heterocycles. The molecule has 1 nitrogen and oxygen atoms in total. The van der Waals surface area contributed by atoms with Gasteiger partial charge in [-0.15, -0.1) is 0 Å². The predicted molar refractivity (Wildman–Crippen MR) is 70.4 cm³/mol. The molecule has 1 fully saturated rings. The van der Waals surface area contributed by atoms with Crippen molar-refractivity contribution in [3.8, 4) is 0 Å². The zero-order chi connectivity index (χ0) is 11.7. The summed E-state index contributed by atoms with van der Waals surface area (Å²) in [7, 11) is 0. The van der Waals surface area contributed by atoms with Gasteiger partial charge in [-0.05, 0) is 48.6 Å². The summed E-state index contributed by atoms with van der Waals surface area (Å²) in [5.41, 5.74) is 1.21. The molecule has 1 aliphatic carbocycles. The van der Waals surface area contributed by atoms with Crippen LogP contribution >= 0.6 is 23.2 Å². The molecule has 0 bridgehead atoms. The van der Waals surface area contributed by atoms with Crippen LogP contribution in [0, 0.1) is 5.92 Å². The topological polar surface area (TPSA) is 12.0 Å². The van der Waals surface area contributed by atoms with Crippen molar-refractivity contribution in [3.05, 3.63) is 33.8 Å². The molecule has 0 radical (unpaired) electrons. The fourth-order valence-corrected chi connectivity index (χ4v) is 2.48. The molecular weight excluding hydrogens is 241 g/mol. The molecule has 0 aliphatic heterocycles. The fourth-order valence-electron chi connectivity index (χ4n) is 2.04. The van der Waals surface area contributed by atoms with Gasteiger partial charge >= 0.3 is 0 Å². The Labute approximate surface area is 107 Å². The minimum atomic E-state index is 0.552. The van der Waals surface area contributed by atoms with Crippen LogP contribution in [0.2, 0.25) is 10.0 Å². The highest BCUT2D eigenvalue weighted by Gasteiger charge is 2.39. The van der Waals surface area contributed by atoms with Gasteiger partial charge in [0.05, 0.1) is 0 Å². The van der Waals surface area contributed by atoms with Gasteiger partial charge in [0.1, 0.15) is 0 Å². The standard InChI is InChI=1S/C13H17Cl2N/c1-8(2)16-7-9-5-11(9)12-6-10(14)3-4-13(12)15/h3-4,6,8-9,11,16H,5,7H2,1-2H3. The first-order valence-electron chi connectivity index (χ1n) is 5.76. The normalized spacial score (nSPS) is 23.8. The van der Waals surface area contributed by atoms with E-state index in [1.807, 2.05) is 18.2 Å². The summed E-state index contributed by atoms with van der Waals surface area (Å²) in [5.74, 6) is 1.32. The van der Waals surface area contributed by atoms with Crippen LogP contribution in [0.15, 0.2) is 18.2 Å². The van der Waals surface area contributed by atoms with Crippen molar-refractivity contribution in [3.63, 3.8) is 0 Å². The number of benzene rings is 1. The van der Waals surface area contributed by atoms with Crippen molar-refractivity contribution in [1.29, 1.82) is 0 Å². The first-order valence-corrected chi connectivity index (χ1v) is 6.52. The molecule has 1 aliphatic rings. The maximum absolute atomic E-state index is 6.18. The zero-order valence-corrected chi connectivity index (χ0v) is 11.1. The summed E-state index contributed by atoms with van der Waals surface area (Å²) < 4.78 is 0. The quantitative estimate of drug-likeness (QED) is 0.857. The summed E-state index contributed by atoms with van der Waals surface area (Å²) in [6.45, 7) is 5.42. The molecule has 2 atom stereocenters. The van der Waals surface area contributed by atoms with E-state index in [-0.39, 0.29) is 0 Å². The molecule has 0 amide bonds. The van der Waals surface area contributed by atoms with Crippen molar-refractivity contribution >= 4 is 23.2 Å². The van der Waals surface area contributed by atoms with Crippen LogP contribution in [-0.4, -0.2) is 12.6 Å². The molecule has 1 N–H and O–H groups in total. The fraction of sp³-hybridized carbons (Fsp3) is 0.538. The highest BCUT2D eigenvalue weighted by Crippen LogP contribution is 2.49. The summed E-state index contributed by atoms with van der Waals surface area (Å²) in [6.07, 6.45) is 1.22. The minimum Gasteiger partial charge on any atom is -0.314 e. The maximum atomic E-state index is 6.18. The first-order chi connectivity index (χ1) is 7.58. The van der Waals surface area contributed by atoms with Gasteiger partial charge in [0.25, 0.3) is 0 Å². The van der Waals surface area contributed by atoms with Crippen molar-refractivity contribution in [2.75, 3.05) is 6.54 Å². The summed E-state index contributed by atoms with van der Waals surface area (Å²) in [4.78, 5) is 0. The average molecular weight is 258 g/mol. The summed E-state index contributed by atoms with van der Waals surface area (Å²) in [5, 5.41) is 5.09. The van der Waals surface area contributed by atoms with E-state index < -0.39 is 0 Å². The van der Waals surface area contributed by atoms with E-state index in [4.69, 9.17) is 23.2 Å². The van der Waals surface area contributed by atoms with Crippen LogP contribution in [-0.2, 0) is 0 Å². The van der Waals surface area contributed by atoms with E-state index in [2.05, 4.69) is 19.2 Å². The molecule has 3 heteroatoms. The zero-order valence-electron chi connectivity index (χ0n) is 9.63. The van der Waals surface area contributed by atoms with Gasteiger partial charge < -0.3 is 5.32 Å². The second-order valence-electron chi connectivity index (χ2n) is 4.83. The number of hydrogen-bond acceptors (Lipinski definition) is 1. The van der Waals surface area contributed by atoms with Crippen LogP contribution in [0.25, 0.3) is 0 Å². The van der Waals surface area contributed by atoms with E-state index in [0.717, 1.165) is 22.5 Å². The molecule has 1 saturated carbocycles. The molecule has 1 aromatic rings. The Bertz CT molecular complexity index is 376. The Balaban J connectivity index is 1.97. The Morgan fingerprint density at radius 1 is 1.38 bits per heavy atom. The second-order valence-corrected chi connectivity index (χ2v) is 5.67. The van der Waals surface area contributed by atoms with Crippen molar-refractivity contribution in [2.24, 2.45) is 5.92 Å². The van der Waals surface area contributed by atoms with Crippen LogP contribution < -0.4 is 5.32 Å². The van der Waals surface area contributed by atoms with Gasteiger partial charge in [0, 0.05) is 16.1 Å². The van der Waals surface area contributed by atoms with Crippen molar-refractivity contribution in [2.45, 2.75) is 32.2 Å². The molecule has 1 aromatic carbocycles. The van der Waals surface area contributed by atoms with E-state index in [9.17, 15) is 0 Å². The van der Waals surface area contributed by atoms with Gasteiger partial charge in [0.15, 0.2) is 0 Å². The van der Waals surface area contributed by atoms with E-state index >= 15 is 0 Å². The van der Waals surface area contributed by atoms with E-state index in [1.54, 1.807) is 0 Å².